The minimum Gasteiger partial charge on any atom is -0.330 e. The van der Waals surface area contributed by atoms with Gasteiger partial charge < -0.3 is 10.3 Å². The molecule has 90 valence electrons. The van der Waals surface area contributed by atoms with E-state index in [0.717, 1.165) is 31.3 Å². The van der Waals surface area contributed by atoms with Crippen molar-refractivity contribution in [3.05, 3.63) is 11.6 Å². The highest BCUT2D eigenvalue weighted by Crippen LogP contribution is 2.23. The fourth-order valence-corrected chi connectivity index (χ4v) is 2.38. The third-order valence-electron chi connectivity index (χ3n) is 3.65. The summed E-state index contributed by atoms with van der Waals surface area (Å²) >= 11 is 0. The van der Waals surface area contributed by atoms with Gasteiger partial charge in [0.25, 0.3) is 0 Å². The SMILES string of the molecule is Cc1nnc(CN2CC(CN)CC2C)n1C. The number of hydrogen-bond acceptors (Lipinski definition) is 4. The van der Waals surface area contributed by atoms with Crippen molar-refractivity contribution in [2.75, 3.05) is 13.1 Å². The Labute approximate surface area is 96.6 Å². The maximum atomic E-state index is 5.73. The van der Waals surface area contributed by atoms with Crippen molar-refractivity contribution in [2.45, 2.75) is 32.9 Å². The van der Waals surface area contributed by atoms with Gasteiger partial charge in [0.2, 0.25) is 0 Å². The smallest absolute Gasteiger partial charge is 0.146 e. The third-order valence-corrected chi connectivity index (χ3v) is 3.65. The van der Waals surface area contributed by atoms with Crippen LogP contribution in [-0.2, 0) is 13.6 Å². The maximum absolute atomic E-state index is 5.73. The summed E-state index contributed by atoms with van der Waals surface area (Å²) in [5.74, 6) is 2.66. The van der Waals surface area contributed by atoms with E-state index in [1.807, 2.05) is 14.0 Å². The molecule has 2 atom stereocenters. The van der Waals surface area contributed by atoms with Crippen LogP contribution in [0, 0.1) is 12.8 Å². The molecule has 0 saturated carbocycles. The average Bonchev–Trinajstić information content (AvgIpc) is 2.77. The third kappa shape index (κ3) is 2.10. The standard InChI is InChI=1S/C11H21N5/c1-8-4-10(5-12)6-16(8)7-11-14-13-9(2)15(11)3/h8,10H,4-7,12H2,1-3H3. The van der Waals surface area contributed by atoms with Gasteiger partial charge in [0.15, 0.2) is 0 Å². The molecule has 0 aliphatic carbocycles. The van der Waals surface area contributed by atoms with Gasteiger partial charge in [-0.1, -0.05) is 0 Å². The van der Waals surface area contributed by atoms with E-state index in [-0.39, 0.29) is 0 Å². The second-order valence-electron chi connectivity index (χ2n) is 4.84. The van der Waals surface area contributed by atoms with Crippen molar-refractivity contribution in [1.82, 2.24) is 19.7 Å². The lowest BCUT2D eigenvalue weighted by Crippen LogP contribution is -2.28. The summed E-state index contributed by atoms with van der Waals surface area (Å²) in [7, 11) is 2.02. The van der Waals surface area contributed by atoms with E-state index in [2.05, 4.69) is 26.6 Å². The van der Waals surface area contributed by atoms with Crippen LogP contribution in [0.15, 0.2) is 0 Å². The van der Waals surface area contributed by atoms with Crippen LogP contribution in [0.3, 0.4) is 0 Å². The van der Waals surface area contributed by atoms with E-state index in [1.54, 1.807) is 0 Å². The van der Waals surface area contributed by atoms with Gasteiger partial charge in [0.1, 0.15) is 11.6 Å². The molecule has 0 bridgehead atoms. The van der Waals surface area contributed by atoms with Gasteiger partial charge in [-0.2, -0.15) is 0 Å². The van der Waals surface area contributed by atoms with Crippen LogP contribution < -0.4 is 5.73 Å². The molecule has 0 spiro atoms. The van der Waals surface area contributed by atoms with Crippen LogP contribution >= 0.6 is 0 Å². The first-order valence-corrected chi connectivity index (χ1v) is 5.90. The molecule has 2 heterocycles. The van der Waals surface area contributed by atoms with Crippen molar-refractivity contribution >= 4 is 0 Å². The lowest BCUT2D eigenvalue weighted by Gasteiger charge is -2.20. The Balaban J connectivity index is 2.02. The number of nitrogens with zero attached hydrogens (tertiary/aromatic N) is 4. The molecule has 1 fully saturated rings. The van der Waals surface area contributed by atoms with E-state index in [0.29, 0.717) is 12.0 Å². The second kappa shape index (κ2) is 4.51. The van der Waals surface area contributed by atoms with Gasteiger partial charge in [-0.05, 0) is 32.7 Å². The van der Waals surface area contributed by atoms with Crippen molar-refractivity contribution in [1.29, 1.82) is 0 Å². The molecule has 2 rings (SSSR count). The molecule has 1 aliphatic heterocycles. The Morgan fingerprint density at radius 3 is 2.69 bits per heavy atom. The van der Waals surface area contributed by atoms with Crippen LogP contribution in [0.1, 0.15) is 25.0 Å². The Hall–Kier alpha value is -0.940. The summed E-state index contributed by atoms with van der Waals surface area (Å²) < 4.78 is 2.06. The van der Waals surface area contributed by atoms with Gasteiger partial charge in [-0.25, -0.2) is 0 Å². The summed E-state index contributed by atoms with van der Waals surface area (Å²) in [4.78, 5) is 2.45. The highest BCUT2D eigenvalue weighted by molar-refractivity contribution is 4.95. The maximum Gasteiger partial charge on any atom is 0.146 e. The van der Waals surface area contributed by atoms with Crippen molar-refractivity contribution < 1.29 is 0 Å². The minimum absolute atomic E-state index is 0.602. The average molecular weight is 223 g/mol. The zero-order valence-corrected chi connectivity index (χ0v) is 10.3. The summed E-state index contributed by atoms with van der Waals surface area (Å²) in [6, 6.07) is 0.602. The normalized spacial score (nSPS) is 26.5. The monoisotopic (exact) mass is 223 g/mol. The molecule has 1 aromatic rings. The molecule has 1 aromatic heterocycles. The molecule has 2 unspecified atom stereocenters. The van der Waals surface area contributed by atoms with Gasteiger partial charge in [-0.15, -0.1) is 10.2 Å². The van der Waals surface area contributed by atoms with Crippen LogP contribution in [0.5, 0.6) is 0 Å². The van der Waals surface area contributed by atoms with Gasteiger partial charge in [-0.3, -0.25) is 4.90 Å². The van der Waals surface area contributed by atoms with E-state index in [1.165, 1.54) is 6.42 Å². The molecular weight excluding hydrogens is 202 g/mol. The van der Waals surface area contributed by atoms with Crippen LogP contribution in [-0.4, -0.2) is 38.8 Å². The molecule has 1 saturated heterocycles. The number of aryl methyl sites for hydroxylation is 1. The Morgan fingerprint density at radius 1 is 1.44 bits per heavy atom. The van der Waals surface area contributed by atoms with Crippen molar-refractivity contribution in [3.8, 4) is 0 Å². The van der Waals surface area contributed by atoms with Crippen LogP contribution in [0.2, 0.25) is 0 Å². The minimum atomic E-state index is 0.602. The largest absolute Gasteiger partial charge is 0.330 e. The summed E-state index contributed by atoms with van der Waals surface area (Å²) in [5, 5.41) is 8.29. The highest BCUT2D eigenvalue weighted by Gasteiger charge is 2.28. The fourth-order valence-electron chi connectivity index (χ4n) is 2.38. The topological polar surface area (TPSA) is 60.0 Å². The molecule has 5 heteroatoms. The molecule has 5 nitrogen and oxygen atoms in total. The number of likely N-dealkylation sites (tertiary alicyclic amines) is 1. The molecule has 0 amide bonds. The lowest BCUT2D eigenvalue weighted by atomic mass is 10.1. The molecule has 16 heavy (non-hydrogen) atoms. The van der Waals surface area contributed by atoms with Crippen molar-refractivity contribution in [3.63, 3.8) is 0 Å². The molecule has 0 aromatic carbocycles. The summed E-state index contributed by atoms with van der Waals surface area (Å²) in [6.45, 7) is 7.00. The molecule has 2 N–H and O–H groups in total. The van der Waals surface area contributed by atoms with Gasteiger partial charge >= 0.3 is 0 Å². The first-order chi connectivity index (χ1) is 7.61. The summed E-state index contributed by atoms with van der Waals surface area (Å²) in [6.07, 6.45) is 1.20. The first-order valence-electron chi connectivity index (χ1n) is 5.90. The lowest BCUT2D eigenvalue weighted by molar-refractivity contribution is 0.246. The van der Waals surface area contributed by atoms with E-state index in [9.17, 15) is 0 Å². The van der Waals surface area contributed by atoms with Crippen LogP contribution in [0.4, 0.5) is 0 Å². The summed E-state index contributed by atoms with van der Waals surface area (Å²) in [5.41, 5.74) is 5.73. The second-order valence-corrected chi connectivity index (χ2v) is 4.84. The van der Waals surface area contributed by atoms with E-state index in [4.69, 9.17) is 5.73 Å². The molecule has 1 aliphatic rings. The highest BCUT2D eigenvalue weighted by atomic mass is 15.3. The Kier molecular flexibility index (Phi) is 3.25. The zero-order valence-electron chi connectivity index (χ0n) is 10.3. The quantitative estimate of drug-likeness (QED) is 0.800. The number of hydrogen-bond donors (Lipinski definition) is 1. The van der Waals surface area contributed by atoms with E-state index < -0.39 is 0 Å². The fraction of sp³-hybridized carbons (Fsp3) is 0.818. The van der Waals surface area contributed by atoms with Gasteiger partial charge in [0.05, 0.1) is 6.54 Å². The van der Waals surface area contributed by atoms with E-state index >= 15 is 0 Å². The number of rotatable bonds is 3. The van der Waals surface area contributed by atoms with Crippen molar-refractivity contribution in [2.24, 2.45) is 18.7 Å². The molecular formula is C11H21N5. The van der Waals surface area contributed by atoms with Crippen LogP contribution in [0.25, 0.3) is 0 Å². The zero-order chi connectivity index (χ0) is 11.7. The molecule has 0 radical (unpaired) electrons. The number of aromatic nitrogens is 3. The first kappa shape index (κ1) is 11.5. The van der Waals surface area contributed by atoms with Gasteiger partial charge in [0, 0.05) is 19.6 Å². The Morgan fingerprint density at radius 2 is 2.19 bits per heavy atom. The Bertz CT molecular complexity index is 359. The number of nitrogens with two attached hydrogens (primary N) is 1. The predicted octanol–water partition coefficient (Wildman–Crippen LogP) is 0.293. The predicted molar refractivity (Wildman–Crippen MR) is 62.8 cm³/mol.